The van der Waals surface area contributed by atoms with Crippen LogP contribution in [0, 0.1) is 0 Å². The van der Waals surface area contributed by atoms with Crippen LogP contribution >= 0.6 is 15.9 Å². The predicted molar refractivity (Wildman–Crippen MR) is 61.3 cm³/mol. The number of hydrogen-bond acceptors (Lipinski definition) is 2. The molecule has 0 aromatic heterocycles. The lowest BCUT2D eigenvalue weighted by Gasteiger charge is -2.10. The second-order valence-electron chi connectivity index (χ2n) is 3.02. The van der Waals surface area contributed by atoms with Gasteiger partial charge in [-0.1, -0.05) is 34.1 Å². The number of rotatable bonds is 3. The van der Waals surface area contributed by atoms with Crippen LogP contribution in [0.25, 0.3) is 0 Å². The van der Waals surface area contributed by atoms with E-state index in [0.29, 0.717) is 12.4 Å². The number of nitrogens with zero attached hydrogens (tertiary/aromatic N) is 1. The largest absolute Gasteiger partial charge is 0.388 e. The van der Waals surface area contributed by atoms with Crippen LogP contribution in [0.5, 0.6) is 0 Å². The second-order valence-corrected chi connectivity index (χ2v) is 3.87. The smallest absolute Gasteiger partial charge is 0.0996 e. The first kappa shape index (κ1) is 11.2. The molecule has 1 rings (SSSR count). The summed E-state index contributed by atoms with van der Waals surface area (Å²) in [6.45, 7) is 2.00. The third kappa shape index (κ3) is 3.12. The van der Waals surface area contributed by atoms with Crippen molar-refractivity contribution >= 4 is 21.8 Å². The maximum Gasteiger partial charge on any atom is 0.0996 e. The summed E-state index contributed by atoms with van der Waals surface area (Å²) in [7, 11) is 0. The van der Waals surface area contributed by atoms with Gasteiger partial charge in [-0.05, 0) is 18.6 Å². The number of aliphatic imine (C=N–C) groups is 1. The summed E-state index contributed by atoms with van der Waals surface area (Å²) in [5, 5.41) is 9.76. The van der Waals surface area contributed by atoms with E-state index < -0.39 is 6.10 Å². The average Bonchev–Trinajstić information content (AvgIpc) is 2.15. The van der Waals surface area contributed by atoms with Gasteiger partial charge < -0.3 is 10.8 Å². The minimum atomic E-state index is -0.607. The predicted octanol–water partition coefficient (Wildman–Crippen LogP) is 1.86. The van der Waals surface area contributed by atoms with Crippen molar-refractivity contribution in [3.63, 3.8) is 0 Å². The van der Waals surface area contributed by atoms with E-state index in [1.54, 1.807) is 6.92 Å². The van der Waals surface area contributed by atoms with Crippen molar-refractivity contribution in [3.8, 4) is 0 Å². The molecule has 0 radical (unpaired) electrons. The molecule has 1 aromatic rings. The highest BCUT2D eigenvalue weighted by atomic mass is 75.9. The fourth-order valence-electron chi connectivity index (χ4n) is 1.07. The Balaban J connectivity index is 2.74. The first-order valence-corrected chi connectivity index (χ1v) is 5.09. The van der Waals surface area contributed by atoms with Crippen molar-refractivity contribution in [1.82, 2.24) is 0 Å². The lowest BCUT2D eigenvalue weighted by Crippen LogP contribution is -2.10. The quantitative estimate of drug-likeness (QED) is 0.638. The van der Waals surface area contributed by atoms with Gasteiger partial charge in [-0.2, -0.15) is 0 Å². The number of nitrogens with two attached hydrogens (primary N) is 1. The van der Waals surface area contributed by atoms with Gasteiger partial charge in [0.1, 0.15) is 0 Å². The Morgan fingerprint density at radius 3 is 2.79 bits per heavy atom. The standard InChI is InChI=1S/C10H13BrN2O/c1-7(12)13-6-10(14)8-4-2-3-5-9(8)11/h2-5,10,14H,6H2,1H3,(H2,12,13)/t10-/m0/s1/i11-4. The molecule has 4 heteroatoms. The van der Waals surface area contributed by atoms with E-state index in [1.807, 2.05) is 24.3 Å². The van der Waals surface area contributed by atoms with E-state index in [1.165, 1.54) is 0 Å². The van der Waals surface area contributed by atoms with Crippen molar-refractivity contribution in [2.75, 3.05) is 6.54 Å². The third-order valence-corrected chi connectivity index (χ3v) is 2.50. The summed E-state index contributed by atoms with van der Waals surface area (Å²) in [6.07, 6.45) is -0.607. The SMILES string of the molecule is CC(N)=NC[C@H](O)c1ccccc1[76Br]. The highest BCUT2D eigenvalue weighted by Gasteiger charge is 2.09. The molecular formula is C10H13BrN2O. The zero-order chi connectivity index (χ0) is 10.6. The summed E-state index contributed by atoms with van der Waals surface area (Å²) in [5.41, 5.74) is 6.22. The van der Waals surface area contributed by atoms with Gasteiger partial charge in [0.15, 0.2) is 0 Å². The van der Waals surface area contributed by atoms with Gasteiger partial charge >= 0.3 is 0 Å². The molecule has 0 saturated heterocycles. The van der Waals surface area contributed by atoms with Crippen LogP contribution in [-0.4, -0.2) is 17.5 Å². The summed E-state index contributed by atoms with van der Waals surface area (Å²) >= 11 is 3.36. The highest BCUT2D eigenvalue weighted by molar-refractivity contribution is 9.10. The number of halogens is 1. The highest BCUT2D eigenvalue weighted by Crippen LogP contribution is 2.22. The maximum atomic E-state index is 9.76. The zero-order valence-corrected chi connectivity index (χ0v) is 9.53. The lowest BCUT2D eigenvalue weighted by molar-refractivity contribution is 0.186. The molecule has 0 amide bonds. The third-order valence-electron chi connectivity index (χ3n) is 1.78. The van der Waals surface area contributed by atoms with Gasteiger partial charge in [0, 0.05) is 4.47 Å². The first-order chi connectivity index (χ1) is 6.61. The topological polar surface area (TPSA) is 58.6 Å². The van der Waals surface area contributed by atoms with Crippen LogP contribution in [0.1, 0.15) is 18.6 Å². The molecule has 14 heavy (non-hydrogen) atoms. The molecular weight excluding hydrogens is 240 g/mol. The lowest BCUT2D eigenvalue weighted by atomic mass is 10.1. The Labute approximate surface area is 91.8 Å². The summed E-state index contributed by atoms with van der Waals surface area (Å²) in [6, 6.07) is 7.52. The van der Waals surface area contributed by atoms with E-state index in [4.69, 9.17) is 5.73 Å². The Morgan fingerprint density at radius 2 is 2.21 bits per heavy atom. The molecule has 0 aliphatic heterocycles. The number of aliphatic hydroxyl groups is 1. The molecule has 1 aromatic carbocycles. The van der Waals surface area contributed by atoms with Crippen molar-refractivity contribution in [1.29, 1.82) is 0 Å². The summed E-state index contributed by atoms with van der Waals surface area (Å²) in [5.74, 6) is 0.483. The van der Waals surface area contributed by atoms with Crippen molar-refractivity contribution in [2.45, 2.75) is 13.0 Å². The average molecular weight is 253 g/mol. The Kier molecular flexibility index (Phi) is 4.10. The van der Waals surface area contributed by atoms with Gasteiger partial charge in [-0.3, -0.25) is 4.99 Å². The van der Waals surface area contributed by atoms with E-state index in [-0.39, 0.29) is 0 Å². The number of hydrogen-bond donors (Lipinski definition) is 2. The van der Waals surface area contributed by atoms with Crippen LogP contribution in [0.3, 0.4) is 0 Å². The minimum Gasteiger partial charge on any atom is -0.388 e. The number of amidine groups is 1. The fraction of sp³-hybridized carbons (Fsp3) is 0.300. The van der Waals surface area contributed by atoms with Crippen LogP contribution in [0.15, 0.2) is 33.7 Å². The van der Waals surface area contributed by atoms with E-state index in [0.717, 1.165) is 10.0 Å². The molecule has 0 unspecified atom stereocenters. The first-order valence-electron chi connectivity index (χ1n) is 4.30. The molecule has 76 valence electrons. The molecule has 0 aliphatic carbocycles. The van der Waals surface area contributed by atoms with Gasteiger partial charge in [0.05, 0.1) is 18.5 Å². The van der Waals surface area contributed by atoms with Crippen LogP contribution in [0.2, 0.25) is 0 Å². The number of benzene rings is 1. The Bertz CT molecular complexity index is 335. The molecule has 0 heterocycles. The molecule has 0 fully saturated rings. The van der Waals surface area contributed by atoms with Gasteiger partial charge in [0.2, 0.25) is 0 Å². The monoisotopic (exact) mass is 253 g/mol. The minimum absolute atomic E-state index is 0.297. The fourth-order valence-corrected chi connectivity index (χ4v) is 1.62. The van der Waals surface area contributed by atoms with E-state index >= 15 is 0 Å². The molecule has 3 nitrogen and oxygen atoms in total. The number of aliphatic hydroxyl groups excluding tert-OH is 1. The van der Waals surface area contributed by atoms with Crippen molar-refractivity contribution < 1.29 is 5.11 Å². The molecule has 1 atom stereocenters. The molecule has 3 N–H and O–H groups in total. The molecule has 0 bridgehead atoms. The normalized spacial score (nSPS) is 14.1. The summed E-state index contributed by atoms with van der Waals surface area (Å²) < 4.78 is 0.886. The van der Waals surface area contributed by atoms with Crippen molar-refractivity contribution in [3.05, 3.63) is 34.3 Å². The van der Waals surface area contributed by atoms with Gasteiger partial charge in [0.25, 0.3) is 0 Å². The van der Waals surface area contributed by atoms with Crippen LogP contribution in [0.4, 0.5) is 0 Å². The second kappa shape index (κ2) is 5.12. The van der Waals surface area contributed by atoms with Crippen LogP contribution in [-0.2, 0) is 0 Å². The molecule has 0 aliphatic rings. The molecule has 0 saturated carbocycles. The van der Waals surface area contributed by atoms with E-state index in [2.05, 4.69) is 20.9 Å². The van der Waals surface area contributed by atoms with E-state index in [9.17, 15) is 5.11 Å². The molecule has 0 spiro atoms. The van der Waals surface area contributed by atoms with Gasteiger partial charge in [-0.15, -0.1) is 0 Å². The Hall–Kier alpha value is -0.870. The Morgan fingerprint density at radius 1 is 1.57 bits per heavy atom. The van der Waals surface area contributed by atoms with Crippen LogP contribution < -0.4 is 5.73 Å². The zero-order valence-electron chi connectivity index (χ0n) is 7.94. The maximum absolute atomic E-state index is 9.76. The van der Waals surface area contributed by atoms with Gasteiger partial charge in [-0.25, -0.2) is 0 Å². The summed E-state index contributed by atoms with van der Waals surface area (Å²) in [4.78, 5) is 3.97. The van der Waals surface area contributed by atoms with Crippen molar-refractivity contribution in [2.24, 2.45) is 10.7 Å².